The molecule has 0 spiro atoms. The van der Waals surface area contributed by atoms with Gasteiger partial charge in [0.15, 0.2) is 0 Å². The number of nitrogens with zero attached hydrogens (tertiary/aromatic N) is 3. The molecule has 2 amide bonds. The van der Waals surface area contributed by atoms with Gasteiger partial charge in [0.2, 0.25) is 5.91 Å². The minimum absolute atomic E-state index is 0.0125. The molecule has 0 aliphatic heterocycles. The smallest absolute Gasteiger partial charge is 0.254 e. The van der Waals surface area contributed by atoms with Crippen LogP contribution in [0.1, 0.15) is 56.7 Å². The Hall–Kier alpha value is -3.22. The molecule has 7 heteroatoms. The fourth-order valence-corrected chi connectivity index (χ4v) is 3.87. The summed E-state index contributed by atoms with van der Waals surface area (Å²) in [5.41, 5.74) is 1.55. The number of nitrogens with one attached hydrogen (secondary N) is 1. The summed E-state index contributed by atoms with van der Waals surface area (Å²) in [6.07, 6.45) is 1.73. The molecule has 2 atom stereocenters. The molecule has 0 fully saturated rings. The number of carbonyl (C=O) groups excluding carboxylic acids is 2. The van der Waals surface area contributed by atoms with Gasteiger partial charge in [-0.2, -0.15) is 0 Å². The number of halogens is 1. The number of aromatic nitrogens is 2. The molecule has 0 aliphatic rings. The Morgan fingerprint density at radius 3 is 2.31 bits per heavy atom. The first-order chi connectivity index (χ1) is 15.4. The van der Waals surface area contributed by atoms with E-state index in [9.17, 15) is 14.0 Å². The van der Waals surface area contributed by atoms with Crippen molar-refractivity contribution in [2.75, 3.05) is 0 Å². The van der Waals surface area contributed by atoms with Crippen molar-refractivity contribution >= 4 is 22.8 Å². The van der Waals surface area contributed by atoms with Crippen LogP contribution in [0, 0.1) is 5.82 Å². The lowest BCUT2D eigenvalue weighted by Gasteiger charge is -2.34. The second kappa shape index (κ2) is 10.4. The number of rotatable bonds is 9. The Balaban J connectivity index is 1.88. The van der Waals surface area contributed by atoms with Crippen molar-refractivity contribution in [1.82, 2.24) is 19.8 Å². The van der Waals surface area contributed by atoms with E-state index in [1.54, 1.807) is 6.07 Å². The van der Waals surface area contributed by atoms with Gasteiger partial charge in [-0.3, -0.25) is 9.59 Å². The van der Waals surface area contributed by atoms with Crippen LogP contribution in [0.2, 0.25) is 0 Å². The van der Waals surface area contributed by atoms with Crippen molar-refractivity contribution in [3.63, 3.8) is 0 Å². The molecule has 2 unspecified atom stereocenters. The minimum Gasteiger partial charge on any atom is -0.345 e. The van der Waals surface area contributed by atoms with Crippen LogP contribution in [0.25, 0.3) is 11.0 Å². The van der Waals surface area contributed by atoms with E-state index in [1.807, 2.05) is 33.7 Å². The summed E-state index contributed by atoms with van der Waals surface area (Å²) >= 11 is 0. The van der Waals surface area contributed by atoms with Crippen molar-refractivity contribution < 1.29 is 14.0 Å². The highest BCUT2D eigenvalue weighted by atomic mass is 19.1. The molecule has 0 aliphatic carbocycles. The first kappa shape index (κ1) is 23.4. The zero-order chi connectivity index (χ0) is 23.3. The fourth-order valence-electron chi connectivity index (χ4n) is 3.87. The van der Waals surface area contributed by atoms with E-state index in [2.05, 4.69) is 38.0 Å². The van der Waals surface area contributed by atoms with Crippen LogP contribution in [0.15, 0.2) is 48.5 Å². The molecule has 170 valence electrons. The molecule has 0 saturated heterocycles. The third-order valence-electron chi connectivity index (χ3n) is 5.97. The first-order valence-electron chi connectivity index (χ1n) is 11.1. The summed E-state index contributed by atoms with van der Waals surface area (Å²) in [7, 11) is 0. The lowest BCUT2D eigenvalue weighted by atomic mass is 10.1. The average molecular weight is 439 g/mol. The maximum Gasteiger partial charge on any atom is 0.254 e. The van der Waals surface area contributed by atoms with E-state index >= 15 is 0 Å². The van der Waals surface area contributed by atoms with Gasteiger partial charge in [0.05, 0.1) is 23.1 Å². The van der Waals surface area contributed by atoms with Crippen LogP contribution in [0.5, 0.6) is 0 Å². The van der Waals surface area contributed by atoms with Gasteiger partial charge in [0.25, 0.3) is 5.91 Å². The van der Waals surface area contributed by atoms with Gasteiger partial charge in [-0.05, 0) is 51.0 Å². The minimum atomic E-state index is -0.577. The number of carbonyl (C=O) groups is 2. The highest BCUT2D eigenvalue weighted by Gasteiger charge is 2.25. The third kappa shape index (κ3) is 4.98. The molecular weight excluding hydrogens is 407 g/mol. The van der Waals surface area contributed by atoms with Crippen molar-refractivity contribution in [2.45, 2.75) is 65.7 Å². The van der Waals surface area contributed by atoms with Gasteiger partial charge in [0.1, 0.15) is 18.2 Å². The lowest BCUT2D eigenvalue weighted by Crippen LogP contribution is -2.46. The number of para-hydroxylation sites is 2. The molecule has 0 radical (unpaired) electrons. The number of amides is 2. The molecule has 2 aromatic carbocycles. The predicted octanol–water partition coefficient (Wildman–Crippen LogP) is 4.53. The summed E-state index contributed by atoms with van der Waals surface area (Å²) in [4.78, 5) is 32.4. The molecule has 1 aromatic heterocycles. The molecule has 0 saturated carbocycles. The summed E-state index contributed by atoms with van der Waals surface area (Å²) in [5, 5.41) is 2.74. The molecule has 6 nitrogen and oxygen atoms in total. The number of hydrogen-bond donors (Lipinski definition) is 1. The fraction of sp³-hybridized carbons (Fsp3) is 0.400. The topological polar surface area (TPSA) is 67.2 Å². The van der Waals surface area contributed by atoms with Gasteiger partial charge in [-0.1, -0.05) is 38.1 Å². The Kier molecular flexibility index (Phi) is 7.62. The summed E-state index contributed by atoms with van der Waals surface area (Å²) in [6.45, 7) is 8.48. The van der Waals surface area contributed by atoms with Crippen LogP contribution in [0.4, 0.5) is 4.39 Å². The van der Waals surface area contributed by atoms with E-state index < -0.39 is 11.7 Å². The molecule has 1 N–H and O–H groups in total. The Morgan fingerprint density at radius 1 is 1.03 bits per heavy atom. The maximum atomic E-state index is 14.0. The van der Waals surface area contributed by atoms with Crippen LogP contribution < -0.4 is 5.32 Å². The van der Waals surface area contributed by atoms with Crippen LogP contribution >= 0.6 is 0 Å². The van der Waals surface area contributed by atoms with Crippen molar-refractivity contribution in [1.29, 1.82) is 0 Å². The summed E-state index contributed by atoms with van der Waals surface area (Å²) < 4.78 is 15.8. The zero-order valence-corrected chi connectivity index (χ0v) is 19.1. The normalized spacial score (nSPS) is 13.0. The third-order valence-corrected chi connectivity index (χ3v) is 5.97. The Labute approximate surface area is 188 Å². The van der Waals surface area contributed by atoms with Gasteiger partial charge in [0, 0.05) is 12.1 Å². The molecule has 1 heterocycles. The van der Waals surface area contributed by atoms with Gasteiger partial charge >= 0.3 is 0 Å². The van der Waals surface area contributed by atoms with E-state index in [1.165, 1.54) is 18.2 Å². The monoisotopic (exact) mass is 438 g/mol. The SMILES string of the molecule is CCC(C)N(C(=O)Cn1c(CNC(=O)c2ccccc2F)nc2ccccc21)C(C)CC. The van der Waals surface area contributed by atoms with Gasteiger partial charge in [-0.15, -0.1) is 0 Å². The van der Waals surface area contributed by atoms with E-state index in [-0.39, 0.29) is 36.6 Å². The number of fused-ring (bicyclic) bond motifs is 1. The quantitative estimate of drug-likeness (QED) is 0.534. The maximum absolute atomic E-state index is 14.0. The highest BCUT2D eigenvalue weighted by Crippen LogP contribution is 2.19. The second-order valence-electron chi connectivity index (χ2n) is 8.08. The number of hydrogen-bond acceptors (Lipinski definition) is 3. The molecule has 3 rings (SSSR count). The van der Waals surface area contributed by atoms with Crippen molar-refractivity contribution in [2.24, 2.45) is 0 Å². The first-order valence-corrected chi connectivity index (χ1v) is 11.1. The Morgan fingerprint density at radius 2 is 1.66 bits per heavy atom. The largest absolute Gasteiger partial charge is 0.345 e. The standard InChI is InChI=1S/C25H31FN4O2/c1-5-17(3)30(18(4)6-2)24(31)16-29-22-14-10-9-13-21(22)28-23(29)15-27-25(32)19-11-7-8-12-20(19)26/h7-14,17-18H,5-6,15-16H2,1-4H3,(H,27,32). The van der Waals surface area contributed by atoms with Crippen LogP contribution in [-0.4, -0.2) is 38.3 Å². The van der Waals surface area contributed by atoms with Gasteiger partial charge in [-0.25, -0.2) is 9.37 Å². The van der Waals surface area contributed by atoms with Gasteiger partial charge < -0.3 is 14.8 Å². The van der Waals surface area contributed by atoms with E-state index in [0.29, 0.717) is 5.82 Å². The van der Waals surface area contributed by atoms with Crippen molar-refractivity contribution in [3.8, 4) is 0 Å². The molecular formula is C25H31FN4O2. The zero-order valence-electron chi connectivity index (χ0n) is 19.1. The summed E-state index contributed by atoms with van der Waals surface area (Å²) in [6, 6.07) is 13.7. The highest BCUT2D eigenvalue weighted by molar-refractivity contribution is 5.94. The number of imidazole rings is 1. The number of benzene rings is 2. The predicted molar refractivity (Wildman–Crippen MR) is 124 cm³/mol. The van der Waals surface area contributed by atoms with Crippen molar-refractivity contribution in [3.05, 3.63) is 65.7 Å². The van der Waals surface area contributed by atoms with Crippen LogP contribution in [0.3, 0.4) is 0 Å². The average Bonchev–Trinajstić information content (AvgIpc) is 3.14. The second-order valence-corrected chi connectivity index (χ2v) is 8.08. The molecule has 32 heavy (non-hydrogen) atoms. The molecule has 3 aromatic rings. The van der Waals surface area contributed by atoms with Crippen LogP contribution in [-0.2, 0) is 17.9 Å². The molecule has 0 bridgehead atoms. The lowest BCUT2D eigenvalue weighted by molar-refractivity contribution is -0.136. The van der Waals surface area contributed by atoms with E-state index in [4.69, 9.17) is 0 Å². The van der Waals surface area contributed by atoms with E-state index in [0.717, 1.165) is 23.9 Å². The summed E-state index contributed by atoms with van der Waals surface area (Å²) in [5.74, 6) is -0.531. The Bertz CT molecular complexity index is 1080.